The summed E-state index contributed by atoms with van der Waals surface area (Å²) < 4.78 is 1.84. The monoisotopic (exact) mass is 527 g/mol. The molecule has 1 unspecified atom stereocenters. The predicted octanol–water partition coefficient (Wildman–Crippen LogP) is 2.09. The fraction of sp³-hybridized carbons (Fsp3) is 0.577. The Morgan fingerprint density at radius 3 is 2.50 bits per heavy atom. The maximum Gasteiger partial charge on any atom is 0.306 e. The number of carbonyl (C=O) groups is 3. The Morgan fingerprint density at radius 1 is 1.16 bits per heavy atom. The van der Waals surface area contributed by atoms with Crippen molar-refractivity contribution in [2.24, 2.45) is 5.92 Å². The van der Waals surface area contributed by atoms with Crippen molar-refractivity contribution in [3.05, 3.63) is 23.5 Å². The zero-order chi connectivity index (χ0) is 27.4. The maximum absolute atomic E-state index is 13.1. The quantitative estimate of drug-likeness (QED) is 0.312. The normalized spacial score (nSPS) is 23.0. The zero-order valence-electron chi connectivity index (χ0n) is 22.4. The summed E-state index contributed by atoms with van der Waals surface area (Å²) in [6.45, 7) is 9.01. The average molecular weight is 528 g/mol. The highest BCUT2D eigenvalue weighted by Gasteiger charge is 2.45. The minimum absolute atomic E-state index is 0.0609. The minimum atomic E-state index is -1.53. The molecule has 0 radical (unpaired) electrons. The molecule has 3 heterocycles. The van der Waals surface area contributed by atoms with E-state index in [1.54, 1.807) is 19.2 Å². The lowest BCUT2D eigenvalue weighted by Crippen LogP contribution is -2.49. The highest BCUT2D eigenvalue weighted by Crippen LogP contribution is 2.38. The number of nitrogens with one attached hydrogen (secondary N) is 4. The van der Waals surface area contributed by atoms with Crippen LogP contribution in [-0.4, -0.2) is 62.4 Å². The smallest absolute Gasteiger partial charge is 0.306 e. The molecule has 0 bridgehead atoms. The molecule has 4 rings (SSSR count). The van der Waals surface area contributed by atoms with Gasteiger partial charge in [-0.25, -0.2) is 9.67 Å². The second-order valence-corrected chi connectivity index (χ2v) is 9.82. The van der Waals surface area contributed by atoms with E-state index in [2.05, 4.69) is 26.5 Å². The molecule has 2 aromatic heterocycles. The van der Waals surface area contributed by atoms with Gasteiger partial charge in [-0.2, -0.15) is 5.10 Å². The number of carboxylic acid groups (broad SMARTS) is 1. The van der Waals surface area contributed by atoms with Crippen molar-refractivity contribution in [2.45, 2.75) is 78.0 Å². The summed E-state index contributed by atoms with van der Waals surface area (Å²) in [5, 5.41) is 24.1. The van der Waals surface area contributed by atoms with E-state index in [1.165, 1.54) is 0 Å². The topological polar surface area (TPSA) is 159 Å². The first-order valence-corrected chi connectivity index (χ1v) is 13.3. The van der Waals surface area contributed by atoms with Crippen LogP contribution in [0.5, 0.6) is 0 Å². The van der Waals surface area contributed by atoms with E-state index in [-0.39, 0.29) is 24.3 Å². The van der Waals surface area contributed by atoms with Gasteiger partial charge in [-0.05, 0) is 59.5 Å². The summed E-state index contributed by atoms with van der Waals surface area (Å²) in [4.78, 5) is 47.6. The lowest BCUT2D eigenvalue weighted by molar-refractivity contribution is -0.149. The third-order valence-corrected chi connectivity index (χ3v) is 7.19. The number of carboxylic acids is 1. The molecule has 5 N–H and O–H groups in total. The van der Waals surface area contributed by atoms with Crippen molar-refractivity contribution in [1.82, 2.24) is 30.9 Å². The van der Waals surface area contributed by atoms with Crippen LogP contribution in [0.2, 0.25) is 0 Å². The third-order valence-electron chi connectivity index (χ3n) is 7.19. The fourth-order valence-corrected chi connectivity index (χ4v) is 5.24. The number of pyridine rings is 1. The number of fused-ring (bicyclic) bond motifs is 1. The van der Waals surface area contributed by atoms with E-state index in [1.807, 2.05) is 25.5 Å². The SMILES string of the molecule is CCNC(=O)CC1(C(=O)NCC)C=C(c2cnc3c(c(C)nn3CC)c2NC2CCC(C(=O)O)CC2)NO1. The van der Waals surface area contributed by atoms with Gasteiger partial charge in [0.05, 0.1) is 34.8 Å². The van der Waals surface area contributed by atoms with Crippen LogP contribution in [0.1, 0.15) is 64.1 Å². The van der Waals surface area contributed by atoms with Gasteiger partial charge in [0, 0.05) is 37.4 Å². The van der Waals surface area contributed by atoms with E-state index in [9.17, 15) is 19.5 Å². The average Bonchev–Trinajstić information content (AvgIpc) is 3.46. The Kier molecular flexibility index (Phi) is 8.20. The van der Waals surface area contributed by atoms with E-state index < -0.39 is 17.5 Å². The predicted molar refractivity (Wildman–Crippen MR) is 142 cm³/mol. The summed E-state index contributed by atoms with van der Waals surface area (Å²) in [5.41, 5.74) is 4.87. The largest absolute Gasteiger partial charge is 0.481 e. The van der Waals surface area contributed by atoms with Gasteiger partial charge in [-0.15, -0.1) is 0 Å². The van der Waals surface area contributed by atoms with Gasteiger partial charge < -0.3 is 21.1 Å². The molecule has 206 valence electrons. The molecular weight excluding hydrogens is 490 g/mol. The van der Waals surface area contributed by atoms with Crippen molar-refractivity contribution < 1.29 is 24.3 Å². The highest BCUT2D eigenvalue weighted by atomic mass is 16.7. The van der Waals surface area contributed by atoms with Crippen LogP contribution in [0.25, 0.3) is 16.7 Å². The van der Waals surface area contributed by atoms with E-state index in [0.717, 1.165) is 22.4 Å². The van der Waals surface area contributed by atoms with Crippen molar-refractivity contribution in [1.29, 1.82) is 0 Å². The molecule has 0 aromatic carbocycles. The molecule has 12 nitrogen and oxygen atoms in total. The Morgan fingerprint density at radius 2 is 1.87 bits per heavy atom. The van der Waals surface area contributed by atoms with Crippen LogP contribution in [0, 0.1) is 12.8 Å². The molecule has 1 atom stereocenters. The maximum atomic E-state index is 13.1. The second-order valence-electron chi connectivity index (χ2n) is 9.82. The lowest BCUT2D eigenvalue weighted by Gasteiger charge is -2.28. The Hall–Kier alpha value is -3.67. The van der Waals surface area contributed by atoms with Crippen LogP contribution in [0.4, 0.5) is 5.69 Å². The second kappa shape index (κ2) is 11.4. The molecule has 0 saturated heterocycles. The lowest BCUT2D eigenvalue weighted by atomic mass is 9.86. The molecule has 2 amide bonds. The number of anilines is 1. The number of rotatable bonds is 10. The molecule has 1 aliphatic carbocycles. The first-order chi connectivity index (χ1) is 18.2. The fourth-order valence-electron chi connectivity index (χ4n) is 5.24. The van der Waals surface area contributed by atoms with Crippen LogP contribution in [-0.2, 0) is 25.8 Å². The van der Waals surface area contributed by atoms with Gasteiger partial charge >= 0.3 is 5.97 Å². The number of aliphatic carboxylic acids is 1. The first kappa shape index (κ1) is 27.4. The third kappa shape index (κ3) is 5.31. The molecular formula is C26H37N7O5. The Bertz CT molecular complexity index is 1250. The molecule has 0 spiro atoms. The van der Waals surface area contributed by atoms with E-state index in [0.29, 0.717) is 56.6 Å². The number of nitrogens with zero attached hydrogens (tertiary/aromatic N) is 3. The van der Waals surface area contributed by atoms with Crippen LogP contribution in [0.15, 0.2) is 12.3 Å². The summed E-state index contributed by atoms with van der Waals surface area (Å²) in [6, 6.07) is 0.0609. The Balaban J connectivity index is 1.76. The summed E-state index contributed by atoms with van der Waals surface area (Å²) in [6.07, 6.45) is 5.79. The summed E-state index contributed by atoms with van der Waals surface area (Å²) in [5.74, 6) is -1.80. The number of hydrogen-bond acceptors (Lipinski definition) is 8. The summed E-state index contributed by atoms with van der Waals surface area (Å²) >= 11 is 0. The van der Waals surface area contributed by atoms with Crippen molar-refractivity contribution in [2.75, 3.05) is 18.4 Å². The molecule has 2 aliphatic rings. The number of carbonyl (C=O) groups excluding carboxylic acids is 2. The van der Waals surface area contributed by atoms with E-state index in [4.69, 9.17) is 9.82 Å². The molecule has 1 saturated carbocycles. The van der Waals surface area contributed by atoms with Gasteiger partial charge in [0.25, 0.3) is 5.91 Å². The van der Waals surface area contributed by atoms with Crippen LogP contribution < -0.4 is 21.4 Å². The standard InChI is InChI=1S/C26H37N7O5/c1-5-27-20(34)13-26(25(37)28-6-2)12-19(32-38-26)18-14-29-23-21(15(4)31-33(23)7-3)22(18)30-17-10-8-16(9-11-17)24(35)36/h12,14,16-17,32H,5-11,13H2,1-4H3,(H,27,34)(H,28,37)(H,29,30)(H,35,36). The van der Waals surface area contributed by atoms with Gasteiger partial charge in [0.15, 0.2) is 5.65 Å². The highest BCUT2D eigenvalue weighted by molar-refractivity contribution is 6.00. The first-order valence-electron chi connectivity index (χ1n) is 13.3. The number of aryl methyl sites for hydroxylation is 2. The van der Waals surface area contributed by atoms with E-state index >= 15 is 0 Å². The molecule has 1 fully saturated rings. The number of hydroxylamine groups is 1. The van der Waals surface area contributed by atoms with Gasteiger partial charge in [0.2, 0.25) is 11.5 Å². The minimum Gasteiger partial charge on any atom is -0.481 e. The van der Waals surface area contributed by atoms with Crippen molar-refractivity contribution in [3.8, 4) is 0 Å². The molecule has 1 aliphatic heterocycles. The zero-order valence-corrected chi connectivity index (χ0v) is 22.4. The molecule has 38 heavy (non-hydrogen) atoms. The number of hydrogen-bond donors (Lipinski definition) is 5. The molecule has 2 aromatic rings. The molecule has 12 heteroatoms. The van der Waals surface area contributed by atoms with Crippen LogP contribution >= 0.6 is 0 Å². The van der Waals surface area contributed by atoms with Crippen molar-refractivity contribution >= 4 is 40.2 Å². The van der Waals surface area contributed by atoms with Crippen LogP contribution in [0.3, 0.4) is 0 Å². The number of likely N-dealkylation sites (N-methyl/N-ethyl adjacent to an activating group) is 1. The Labute approximate surface area is 221 Å². The van der Waals surface area contributed by atoms with Crippen molar-refractivity contribution in [3.63, 3.8) is 0 Å². The number of aromatic nitrogens is 3. The van der Waals surface area contributed by atoms with Gasteiger partial charge in [0.1, 0.15) is 0 Å². The number of amides is 2. The summed E-state index contributed by atoms with van der Waals surface area (Å²) in [7, 11) is 0. The van der Waals surface area contributed by atoms with Gasteiger partial charge in [-0.3, -0.25) is 24.7 Å². The van der Waals surface area contributed by atoms with Gasteiger partial charge in [-0.1, -0.05) is 0 Å².